The maximum atomic E-state index is 12.7. The molecule has 116 valence electrons. The summed E-state index contributed by atoms with van der Waals surface area (Å²) in [6.45, 7) is 9.90. The average Bonchev–Trinajstić information content (AvgIpc) is 2.49. The van der Waals surface area contributed by atoms with E-state index >= 15 is 0 Å². The second-order valence-electron chi connectivity index (χ2n) is 6.11. The van der Waals surface area contributed by atoms with E-state index in [0.717, 1.165) is 19.4 Å². The molecule has 1 aliphatic rings. The summed E-state index contributed by atoms with van der Waals surface area (Å²) in [6.07, 6.45) is 6.73. The molecule has 5 heteroatoms. The highest BCUT2D eigenvalue weighted by molar-refractivity contribution is 5.92. The minimum absolute atomic E-state index is 0.0248. The standard InChI is InChI=1S/C16H25N3O2/c1-5-9-19(15(20)12-11-17-7-8-18-12)13-10-14(21-6-2)16(13,3)4/h7-8,11,13-14H,5-6,9-10H2,1-4H3/t13-,14+/m0/s1. The second kappa shape index (κ2) is 6.52. The number of ether oxygens (including phenoxy) is 1. The minimum atomic E-state index is -0.0297. The van der Waals surface area contributed by atoms with Crippen LogP contribution in [0.25, 0.3) is 0 Å². The van der Waals surface area contributed by atoms with Gasteiger partial charge in [-0.1, -0.05) is 20.8 Å². The van der Waals surface area contributed by atoms with Crippen LogP contribution >= 0.6 is 0 Å². The van der Waals surface area contributed by atoms with Crippen molar-refractivity contribution in [3.8, 4) is 0 Å². The Hall–Kier alpha value is -1.49. The van der Waals surface area contributed by atoms with Crippen LogP contribution < -0.4 is 0 Å². The molecule has 0 saturated heterocycles. The van der Waals surface area contributed by atoms with Crippen LogP contribution in [0.4, 0.5) is 0 Å². The number of rotatable bonds is 6. The fraction of sp³-hybridized carbons (Fsp3) is 0.688. The van der Waals surface area contributed by atoms with E-state index in [9.17, 15) is 4.79 Å². The maximum absolute atomic E-state index is 12.7. The monoisotopic (exact) mass is 291 g/mol. The molecular formula is C16H25N3O2. The van der Waals surface area contributed by atoms with Gasteiger partial charge in [-0.25, -0.2) is 4.98 Å². The van der Waals surface area contributed by atoms with Crippen molar-refractivity contribution in [2.24, 2.45) is 5.41 Å². The molecule has 1 fully saturated rings. The zero-order valence-corrected chi connectivity index (χ0v) is 13.4. The lowest BCUT2D eigenvalue weighted by Crippen LogP contribution is -2.63. The lowest BCUT2D eigenvalue weighted by atomic mass is 9.63. The summed E-state index contributed by atoms with van der Waals surface area (Å²) < 4.78 is 5.77. The first-order chi connectivity index (χ1) is 10.0. The Morgan fingerprint density at radius 3 is 2.71 bits per heavy atom. The Morgan fingerprint density at radius 1 is 1.43 bits per heavy atom. The largest absolute Gasteiger partial charge is 0.378 e. The molecule has 1 heterocycles. The quantitative estimate of drug-likeness (QED) is 0.808. The highest BCUT2D eigenvalue weighted by Gasteiger charge is 2.52. The second-order valence-corrected chi connectivity index (χ2v) is 6.11. The van der Waals surface area contributed by atoms with E-state index in [1.54, 1.807) is 12.4 Å². The van der Waals surface area contributed by atoms with Crippen LogP contribution in [-0.4, -0.2) is 46.1 Å². The molecule has 0 aliphatic heterocycles. The van der Waals surface area contributed by atoms with Gasteiger partial charge in [-0.2, -0.15) is 0 Å². The average molecular weight is 291 g/mol. The third-order valence-corrected chi connectivity index (χ3v) is 4.38. The van der Waals surface area contributed by atoms with Crippen molar-refractivity contribution in [1.82, 2.24) is 14.9 Å². The molecule has 2 atom stereocenters. The van der Waals surface area contributed by atoms with Gasteiger partial charge in [0.1, 0.15) is 5.69 Å². The van der Waals surface area contributed by atoms with Gasteiger partial charge in [0.05, 0.1) is 12.3 Å². The summed E-state index contributed by atoms with van der Waals surface area (Å²) in [5, 5.41) is 0. The summed E-state index contributed by atoms with van der Waals surface area (Å²) in [5.74, 6) is -0.0297. The van der Waals surface area contributed by atoms with E-state index in [4.69, 9.17) is 4.74 Å². The number of nitrogens with zero attached hydrogens (tertiary/aromatic N) is 3. The Morgan fingerprint density at radius 2 is 2.19 bits per heavy atom. The zero-order chi connectivity index (χ0) is 15.5. The maximum Gasteiger partial charge on any atom is 0.274 e. The lowest BCUT2D eigenvalue weighted by molar-refractivity contribution is -0.140. The first kappa shape index (κ1) is 15.9. The van der Waals surface area contributed by atoms with Crippen LogP contribution in [0.1, 0.15) is 51.0 Å². The Kier molecular flexibility index (Phi) is 4.93. The number of amides is 1. The Balaban J connectivity index is 2.15. The summed E-state index contributed by atoms with van der Waals surface area (Å²) in [4.78, 5) is 22.8. The molecule has 0 radical (unpaired) electrons. The molecule has 1 saturated carbocycles. The molecule has 2 rings (SSSR count). The van der Waals surface area contributed by atoms with Gasteiger partial charge in [0.15, 0.2) is 0 Å². The van der Waals surface area contributed by atoms with Gasteiger partial charge in [-0.3, -0.25) is 9.78 Å². The van der Waals surface area contributed by atoms with Crippen molar-refractivity contribution in [2.75, 3.05) is 13.2 Å². The summed E-state index contributed by atoms with van der Waals surface area (Å²) in [5.41, 5.74) is 0.393. The molecule has 0 aromatic carbocycles. The van der Waals surface area contributed by atoms with E-state index in [-0.39, 0.29) is 23.5 Å². The van der Waals surface area contributed by atoms with Gasteiger partial charge in [-0.05, 0) is 19.8 Å². The van der Waals surface area contributed by atoms with Crippen molar-refractivity contribution < 1.29 is 9.53 Å². The zero-order valence-electron chi connectivity index (χ0n) is 13.4. The summed E-state index contributed by atoms with van der Waals surface area (Å²) in [7, 11) is 0. The third kappa shape index (κ3) is 3.07. The topological polar surface area (TPSA) is 55.3 Å². The number of carbonyl (C=O) groups excluding carboxylic acids is 1. The van der Waals surface area contributed by atoms with Crippen molar-refractivity contribution >= 4 is 5.91 Å². The van der Waals surface area contributed by atoms with Gasteiger partial charge in [-0.15, -0.1) is 0 Å². The van der Waals surface area contributed by atoms with Crippen LogP contribution in [0.15, 0.2) is 18.6 Å². The van der Waals surface area contributed by atoms with Crippen molar-refractivity contribution in [3.63, 3.8) is 0 Å². The Labute approximate surface area is 126 Å². The first-order valence-corrected chi connectivity index (χ1v) is 7.70. The van der Waals surface area contributed by atoms with Crippen molar-refractivity contribution in [1.29, 1.82) is 0 Å². The van der Waals surface area contributed by atoms with Gasteiger partial charge in [0.25, 0.3) is 5.91 Å². The van der Waals surface area contributed by atoms with Crippen molar-refractivity contribution in [2.45, 2.75) is 52.7 Å². The smallest absolute Gasteiger partial charge is 0.274 e. The minimum Gasteiger partial charge on any atom is -0.378 e. The molecule has 1 aromatic heterocycles. The first-order valence-electron chi connectivity index (χ1n) is 7.70. The van der Waals surface area contributed by atoms with Gasteiger partial charge in [0.2, 0.25) is 0 Å². The third-order valence-electron chi connectivity index (χ3n) is 4.38. The summed E-state index contributed by atoms with van der Waals surface area (Å²) >= 11 is 0. The number of hydrogen-bond acceptors (Lipinski definition) is 4. The van der Waals surface area contributed by atoms with Crippen LogP contribution in [0.3, 0.4) is 0 Å². The van der Waals surface area contributed by atoms with E-state index in [0.29, 0.717) is 12.3 Å². The Bertz CT molecular complexity index is 476. The number of hydrogen-bond donors (Lipinski definition) is 0. The SMILES string of the molecule is CCCN(C(=O)c1cnccn1)[C@H]1C[C@@H](OCC)C1(C)C. The molecule has 1 aromatic rings. The molecular weight excluding hydrogens is 266 g/mol. The molecule has 21 heavy (non-hydrogen) atoms. The highest BCUT2D eigenvalue weighted by atomic mass is 16.5. The lowest BCUT2D eigenvalue weighted by Gasteiger charge is -2.55. The summed E-state index contributed by atoms with van der Waals surface area (Å²) in [6, 6.07) is 0.198. The normalized spacial score (nSPS) is 23.4. The van der Waals surface area contributed by atoms with Crippen molar-refractivity contribution in [3.05, 3.63) is 24.3 Å². The fourth-order valence-electron chi connectivity index (χ4n) is 3.07. The van der Waals surface area contributed by atoms with E-state index in [2.05, 4.69) is 30.7 Å². The van der Waals surface area contributed by atoms with E-state index in [1.807, 2.05) is 11.8 Å². The van der Waals surface area contributed by atoms with E-state index < -0.39 is 0 Å². The molecule has 1 amide bonds. The predicted molar refractivity (Wildman–Crippen MR) is 81.0 cm³/mol. The van der Waals surface area contributed by atoms with Crippen LogP contribution in [-0.2, 0) is 4.74 Å². The van der Waals surface area contributed by atoms with Crippen LogP contribution in [0, 0.1) is 5.41 Å². The fourth-order valence-corrected chi connectivity index (χ4v) is 3.07. The molecule has 0 spiro atoms. The predicted octanol–water partition coefficient (Wildman–Crippen LogP) is 2.53. The molecule has 1 aliphatic carbocycles. The molecule has 5 nitrogen and oxygen atoms in total. The highest BCUT2D eigenvalue weighted by Crippen LogP contribution is 2.46. The van der Waals surface area contributed by atoms with Gasteiger partial charge in [0, 0.05) is 37.0 Å². The molecule has 0 bridgehead atoms. The molecule has 0 unspecified atom stereocenters. The van der Waals surface area contributed by atoms with Gasteiger partial charge >= 0.3 is 0 Å². The molecule has 0 N–H and O–H groups in total. The van der Waals surface area contributed by atoms with Crippen LogP contribution in [0.2, 0.25) is 0 Å². The number of aromatic nitrogens is 2. The number of carbonyl (C=O) groups is 1. The van der Waals surface area contributed by atoms with E-state index in [1.165, 1.54) is 6.20 Å². The van der Waals surface area contributed by atoms with Gasteiger partial charge < -0.3 is 9.64 Å². The van der Waals surface area contributed by atoms with Crippen LogP contribution in [0.5, 0.6) is 0 Å².